The van der Waals surface area contributed by atoms with Gasteiger partial charge in [-0.25, -0.2) is 15.0 Å². The first-order chi connectivity index (χ1) is 21.2. The number of dihydropyridines is 1. The number of hydrogen-bond donors (Lipinski definition) is 0. The summed E-state index contributed by atoms with van der Waals surface area (Å²) in [6.45, 7) is 0. The van der Waals surface area contributed by atoms with E-state index in [0.717, 1.165) is 28.5 Å². The summed E-state index contributed by atoms with van der Waals surface area (Å²) in [7, 11) is 0. The summed E-state index contributed by atoms with van der Waals surface area (Å²) >= 11 is 0. The Morgan fingerprint density at radius 3 is 1.88 bits per heavy atom. The molecule has 0 saturated heterocycles. The molecule has 0 radical (unpaired) electrons. The molecule has 1 spiro atoms. The number of rotatable bonds is 4. The number of fused-ring (bicyclic) bond motifs is 1. The molecule has 2 unspecified atom stereocenters. The van der Waals surface area contributed by atoms with Crippen LogP contribution in [-0.4, -0.2) is 26.7 Å². The molecule has 2 atom stereocenters. The molecular weight excluding hydrogens is 524 g/mol. The van der Waals surface area contributed by atoms with E-state index < -0.39 is 0 Å². The molecule has 1 fully saturated rings. The largest absolute Gasteiger partial charge is 0.280 e. The quantitative estimate of drug-likeness (QED) is 0.224. The van der Waals surface area contributed by atoms with Crippen molar-refractivity contribution in [1.82, 2.24) is 15.0 Å². The first-order valence-electron chi connectivity index (χ1n) is 14.6. The summed E-state index contributed by atoms with van der Waals surface area (Å²) in [6.07, 6.45) is 13.8. The summed E-state index contributed by atoms with van der Waals surface area (Å²) in [5.41, 5.74) is 5.09. The zero-order valence-electron chi connectivity index (χ0n) is 23.5. The highest BCUT2D eigenvalue weighted by Gasteiger charge is 2.69. The first kappa shape index (κ1) is 25.2. The normalized spacial score (nSPS) is 21.0. The van der Waals surface area contributed by atoms with Gasteiger partial charge in [-0.05, 0) is 40.5 Å². The Balaban J connectivity index is 1.24. The molecule has 1 saturated carbocycles. The maximum absolute atomic E-state index is 5.01. The fourth-order valence-electron chi connectivity index (χ4n) is 6.40. The number of hydrogen-bond acceptors (Lipinski definition) is 4. The van der Waals surface area contributed by atoms with Gasteiger partial charge < -0.3 is 0 Å². The third-order valence-electron chi connectivity index (χ3n) is 8.72. The van der Waals surface area contributed by atoms with Gasteiger partial charge in [0.1, 0.15) is 5.54 Å². The predicted molar refractivity (Wildman–Crippen MR) is 175 cm³/mol. The molecule has 8 rings (SSSR count). The smallest absolute Gasteiger partial charge is 0.164 e. The van der Waals surface area contributed by atoms with Crippen molar-refractivity contribution in [1.29, 1.82) is 0 Å². The lowest BCUT2D eigenvalue weighted by Crippen LogP contribution is -2.26. The Morgan fingerprint density at radius 1 is 0.535 bits per heavy atom. The van der Waals surface area contributed by atoms with Crippen LogP contribution in [0.25, 0.3) is 44.9 Å². The van der Waals surface area contributed by atoms with Crippen LogP contribution in [0.15, 0.2) is 162 Å². The molecule has 1 aromatic heterocycles. The molecule has 4 aromatic carbocycles. The standard InChI is InChI=1S/C39H28N4/c1-2-4-6-13-29(14-7-5-3-1)35-41-36(43-37(42-35)32-19-18-28-12-8-9-15-31(28)26-32)30-20-22-33(23-21-30)38-24-10-16-34-17-11-25-40-39(34,38)27-38/h1-26H,27H2. The highest BCUT2D eigenvalue weighted by Crippen LogP contribution is 2.67. The molecule has 204 valence electrons. The van der Waals surface area contributed by atoms with Gasteiger partial charge in [0.2, 0.25) is 0 Å². The molecule has 2 heterocycles. The van der Waals surface area contributed by atoms with E-state index in [1.54, 1.807) is 0 Å². The van der Waals surface area contributed by atoms with Crippen LogP contribution >= 0.6 is 0 Å². The SMILES string of the molecule is C1=CC2=CC=CC3(c4ccc(-c5nc(-c6ccccccccc6)nc(-c6ccc7ccccc7c6)n5)cc4)CC23N=C1. The van der Waals surface area contributed by atoms with E-state index in [1.807, 2.05) is 66.9 Å². The molecule has 0 amide bonds. The molecule has 5 aromatic rings. The van der Waals surface area contributed by atoms with Crippen LogP contribution in [0, 0.1) is 0 Å². The maximum atomic E-state index is 5.01. The molecule has 0 N–H and O–H groups in total. The zero-order chi connectivity index (χ0) is 28.7. The Labute approximate surface area is 250 Å². The van der Waals surface area contributed by atoms with E-state index in [9.17, 15) is 0 Å². The monoisotopic (exact) mass is 552 g/mol. The van der Waals surface area contributed by atoms with Gasteiger partial charge in [-0.2, -0.15) is 0 Å². The molecular formula is C39H28N4. The number of allylic oxidation sites excluding steroid dienone is 3. The third kappa shape index (κ3) is 4.31. The number of aromatic nitrogens is 3. The van der Waals surface area contributed by atoms with Crippen LogP contribution in [0.4, 0.5) is 0 Å². The number of aliphatic imine (C=N–C) groups is 1. The highest BCUT2D eigenvalue weighted by molar-refractivity contribution is 5.86. The summed E-state index contributed by atoms with van der Waals surface area (Å²) in [5.74, 6) is 1.92. The zero-order valence-corrected chi connectivity index (χ0v) is 23.5. The van der Waals surface area contributed by atoms with Crippen LogP contribution in [0.1, 0.15) is 12.0 Å². The van der Waals surface area contributed by atoms with E-state index in [4.69, 9.17) is 19.9 Å². The van der Waals surface area contributed by atoms with Gasteiger partial charge in [0.05, 0.1) is 0 Å². The van der Waals surface area contributed by atoms with Gasteiger partial charge in [-0.3, -0.25) is 4.99 Å². The van der Waals surface area contributed by atoms with Crippen molar-refractivity contribution < 1.29 is 0 Å². The summed E-state index contributed by atoms with van der Waals surface area (Å²) in [6, 6.07) is 41.5. The van der Waals surface area contributed by atoms with Crippen LogP contribution in [0.3, 0.4) is 0 Å². The van der Waals surface area contributed by atoms with Gasteiger partial charge in [0, 0.05) is 28.3 Å². The van der Waals surface area contributed by atoms with E-state index >= 15 is 0 Å². The van der Waals surface area contributed by atoms with Gasteiger partial charge in [-0.1, -0.05) is 140 Å². The van der Waals surface area contributed by atoms with Gasteiger partial charge in [0.15, 0.2) is 17.5 Å². The summed E-state index contributed by atoms with van der Waals surface area (Å²) in [4.78, 5) is 20.0. The minimum absolute atomic E-state index is 0.0998. The summed E-state index contributed by atoms with van der Waals surface area (Å²) < 4.78 is 0. The van der Waals surface area contributed by atoms with Gasteiger partial charge >= 0.3 is 0 Å². The van der Waals surface area contributed by atoms with Gasteiger partial charge in [-0.15, -0.1) is 0 Å². The molecule has 43 heavy (non-hydrogen) atoms. The highest BCUT2D eigenvalue weighted by atomic mass is 15.0. The van der Waals surface area contributed by atoms with Crippen molar-refractivity contribution >= 4 is 17.0 Å². The number of benzene rings is 3. The van der Waals surface area contributed by atoms with E-state index in [1.165, 1.54) is 16.5 Å². The van der Waals surface area contributed by atoms with Gasteiger partial charge in [0.25, 0.3) is 0 Å². The second kappa shape index (κ2) is 10.1. The Morgan fingerprint density at radius 2 is 1.14 bits per heavy atom. The molecule has 4 heteroatoms. The number of nitrogens with zero attached hydrogens (tertiary/aromatic N) is 4. The topological polar surface area (TPSA) is 51.0 Å². The van der Waals surface area contributed by atoms with Crippen molar-refractivity contribution in [2.75, 3.05) is 0 Å². The molecule has 3 aliphatic rings. The van der Waals surface area contributed by atoms with Crippen LogP contribution in [0.5, 0.6) is 0 Å². The van der Waals surface area contributed by atoms with Crippen LogP contribution in [-0.2, 0) is 5.41 Å². The maximum Gasteiger partial charge on any atom is 0.164 e. The lowest BCUT2D eigenvalue weighted by atomic mass is 9.82. The van der Waals surface area contributed by atoms with E-state index in [-0.39, 0.29) is 11.0 Å². The predicted octanol–water partition coefficient (Wildman–Crippen LogP) is 8.67. The second-order valence-corrected chi connectivity index (χ2v) is 11.2. The Bertz CT molecular complexity index is 2020. The van der Waals surface area contributed by atoms with Crippen molar-refractivity contribution in [2.24, 2.45) is 4.99 Å². The van der Waals surface area contributed by atoms with Crippen LogP contribution < -0.4 is 0 Å². The van der Waals surface area contributed by atoms with Crippen molar-refractivity contribution in [3.05, 3.63) is 163 Å². The lowest BCUT2D eigenvalue weighted by Gasteiger charge is -2.26. The fraction of sp³-hybridized carbons (Fsp3) is 0.0769. The summed E-state index contributed by atoms with van der Waals surface area (Å²) in [5, 5.41) is 2.33. The average Bonchev–Trinajstić information content (AvgIpc) is 3.75. The lowest BCUT2D eigenvalue weighted by molar-refractivity contribution is 0.689. The average molecular weight is 553 g/mol. The first-order valence-corrected chi connectivity index (χ1v) is 14.6. The van der Waals surface area contributed by atoms with Crippen LogP contribution in [0.2, 0.25) is 0 Å². The molecule has 2 aliphatic carbocycles. The minimum atomic E-state index is -0.173. The van der Waals surface area contributed by atoms with E-state index in [2.05, 4.69) is 91.0 Å². The fourth-order valence-corrected chi connectivity index (χ4v) is 6.40. The molecule has 0 bridgehead atoms. The molecule has 1 aliphatic heterocycles. The van der Waals surface area contributed by atoms with E-state index in [0.29, 0.717) is 17.5 Å². The Hall–Kier alpha value is -5.48. The Kier molecular flexibility index (Phi) is 5.93. The second-order valence-electron chi connectivity index (χ2n) is 11.2. The van der Waals surface area contributed by atoms with Crippen molar-refractivity contribution in [3.8, 4) is 34.2 Å². The van der Waals surface area contributed by atoms with Crippen molar-refractivity contribution in [3.63, 3.8) is 0 Å². The third-order valence-corrected chi connectivity index (χ3v) is 8.72. The minimum Gasteiger partial charge on any atom is -0.280 e. The van der Waals surface area contributed by atoms with Crippen molar-refractivity contribution in [2.45, 2.75) is 17.4 Å². The molecule has 4 nitrogen and oxygen atoms in total.